The summed E-state index contributed by atoms with van der Waals surface area (Å²) in [4.78, 5) is 30.4. The van der Waals surface area contributed by atoms with Crippen LogP contribution in [0, 0.1) is 6.92 Å². The lowest BCUT2D eigenvalue weighted by Gasteiger charge is -2.06. The largest absolute Gasteiger partial charge is 0.478 e. The van der Waals surface area contributed by atoms with E-state index in [0.717, 1.165) is 5.56 Å². The van der Waals surface area contributed by atoms with E-state index in [4.69, 9.17) is 28.3 Å². The van der Waals surface area contributed by atoms with Crippen LogP contribution in [0.3, 0.4) is 0 Å². The number of nitrogens with one attached hydrogen (secondary N) is 2. The number of aromatic amines is 1. The van der Waals surface area contributed by atoms with Crippen LogP contribution in [0.15, 0.2) is 42.6 Å². The van der Waals surface area contributed by atoms with E-state index in [-0.39, 0.29) is 16.3 Å². The molecule has 2 heterocycles. The fourth-order valence-corrected chi connectivity index (χ4v) is 2.78. The van der Waals surface area contributed by atoms with E-state index >= 15 is 0 Å². The first kappa shape index (κ1) is 18.0. The van der Waals surface area contributed by atoms with Crippen LogP contribution in [-0.2, 0) is 0 Å². The van der Waals surface area contributed by atoms with Crippen molar-refractivity contribution in [1.29, 1.82) is 0 Å². The summed E-state index contributed by atoms with van der Waals surface area (Å²) in [5, 5.41) is 12.3. The number of halogens is 2. The average molecular weight is 390 g/mol. The smallest absolute Gasteiger partial charge is 0.335 e. The molecule has 0 saturated heterocycles. The maximum absolute atomic E-state index is 12.3. The Balaban J connectivity index is 1.79. The standard InChI is InChI=1S/C18H13Cl2N3O3/c1-9-14(19)15(20)16(22-9)17(24)23-12-4-2-10(3-5-12)13-8-11(18(25)26)6-7-21-13/h2-8,22H,1H3,(H,23,24)(H,25,26). The fourth-order valence-electron chi connectivity index (χ4n) is 2.37. The number of carboxylic acid groups (broad SMARTS) is 1. The van der Waals surface area contributed by atoms with Gasteiger partial charge >= 0.3 is 5.97 Å². The van der Waals surface area contributed by atoms with Gasteiger partial charge in [-0.3, -0.25) is 9.78 Å². The Hall–Kier alpha value is -2.83. The van der Waals surface area contributed by atoms with Gasteiger partial charge in [-0.15, -0.1) is 0 Å². The highest BCUT2D eigenvalue weighted by Gasteiger charge is 2.18. The van der Waals surface area contributed by atoms with E-state index in [9.17, 15) is 9.59 Å². The van der Waals surface area contributed by atoms with Gasteiger partial charge in [-0.2, -0.15) is 0 Å². The molecule has 1 aromatic carbocycles. The third kappa shape index (κ3) is 3.56. The fraction of sp³-hybridized carbons (Fsp3) is 0.0556. The number of benzene rings is 1. The van der Waals surface area contributed by atoms with Gasteiger partial charge in [0.25, 0.3) is 5.91 Å². The van der Waals surface area contributed by atoms with E-state index in [0.29, 0.717) is 22.1 Å². The summed E-state index contributed by atoms with van der Waals surface area (Å²) < 4.78 is 0. The van der Waals surface area contributed by atoms with Crippen molar-refractivity contribution in [2.24, 2.45) is 0 Å². The van der Waals surface area contributed by atoms with Crippen molar-refractivity contribution in [3.05, 3.63) is 69.6 Å². The number of aromatic carboxylic acids is 1. The number of carbonyl (C=O) groups is 2. The molecule has 0 unspecified atom stereocenters. The van der Waals surface area contributed by atoms with Gasteiger partial charge in [-0.25, -0.2) is 4.79 Å². The molecule has 2 aromatic heterocycles. The van der Waals surface area contributed by atoms with Gasteiger partial charge in [0.1, 0.15) is 5.69 Å². The first-order valence-corrected chi connectivity index (χ1v) is 8.27. The van der Waals surface area contributed by atoms with Gasteiger partial charge in [0, 0.05) is 23.1 Å². The molecule has 132 valence electrons. The Morgan fingerprint density at radius 3 is 2.38 bits per heavy atom. The van der Waals surface area contributed by atoms with Crippen molar-refractivity contribution < 1.29 is 14.7 Å². The van der Waals surface area contributed by atoms with Gasteiger partial charge in [-0.1, -0.05) is 35.3 Å². The first-order chi connectivity index (χ1) is 12.4. The highest BCUT2D eigenvalue weighted by Crippen LogP contribution is 2.29. The predicted molar refractivity (Wildman–Crippen MR) is 100 cm³/mol. The molecule has 0 bridgehead atoms. The molecule has 0 aliphatic heterocycles. The third-order valence-electron chi connectivity index (χ3n) is 3.73. The number of hydrogen-bond donors (Lipinski definition) is 3. The minimum atomic E-state index is -1.02. The van der Waals surface area contributed by atoms with Crippen LogP contribution < -0.4 is 5.32 Å². The normalized spacial score (nSPS) is 10.6. The topological polar surface area (TPSA) is 95.1 Å². The Morgan fingerprint density at radius 1 is 1.12 bits per heavy atom. The zero-order valence-electron chi connectivity index (χ0n) is 13.5. The highest BCUT2D eigenvalue weighted by atomic mass is 35.5. The molecule has 0 aliphatic carbocycles. The molecule has 3 aromatic rings. The van der Waals surface area contributed by atoms with Gasteiger partial charge in [0.2, 0.25) is 0 Å². The summed E-state index contributed by atoms with van der Waals surface area (Å²) in [5.74, 6) is -1.43. The van der Waals surface area contributed by atoms with Crippen LogP contribution in [-0.4, -0.2) is 27.0 Å². The molecular weight excluding hydrogens is 377 g/mol. The minimum Gasteiger partial charge on any atom is -0.478 e. The average Bonchev–Trinajstić information content (AvgIpc) is 2.90. The van der Waals surface area contributed by atoms with Gasteiger partial charge < -0.3 is 15.4 Å². The van der Waals surface area contributed by atoms with Crippen molar-refractivity contribution in [2.75, 3.05) is 5.32 Å². The number of carboxylic acids is 1. The Labute approximate surface area is 158 Å². The molecule has 0 saturated carbocycles. The summed E-state index contributed by atoms with van der Waals surface area (Å²) >= 11 is 12.0. The van der Waals surface area contributed by atoms with Crippen molar-refractivity contribution >= 4 is 40.8 Å². The lowest BCUT2D eigenvalue weighted by Crippen LogP contribution is -2.12. The van der Waals surface area contributed by atoms with Gasteiger partial charge in [0.05, 0.1) is 21.3 Å². The number of anilines is 1. The number of amides is 1. The van der Waals surface area contributed by atoms with Crippen molar-refractivity contribution in [1.82, 2.24) is 9.97 Å². The summed E-state index contributed by atoms with van der Waals surface area (Å²) in [5.41, 5.74) is 2.75. The maximum atomic E-state index is 12.3. The number of H-pyrrole nitrogens is 1. The van der Waals surface area contributed by atoms with Gasteiger partial charge in [-0.05, 0) is 31.2 Å². The molecule has 0 spiro atoms. The maximum Gasteiger partial charge on any atom is 0.335 e. The molecule has 0 aliphatic rings. The molecule has 8 heteroatoms. The Kier molecular flexibility index (Phi) is 4.97. The Morgan fingerprint density at radius 2 is 1.81 bits per heavy atom. The quantitative estimate of drug-likeness (QED) is 0.605. The van der Waals surface area contributed by atoms with Crippen LogP contribution in [0.25, 0.3) is 11.3 Å². The zero-order valence-corrected chi connectivity index (χ0v) is 15.0. The Bertz CT molecular complexity index is 997. The van der Waals surface area contributed by atoms with E-state index in [1.165, 1.54) is 18.3 Å². The molecular formula is C18H13Cl2N3O3. The number of aromatic nitrogens is 2. The summed E-state index contributed by atoms with van der Waals surface area (Å²) in [7, 11) is 0. The molecule has 0 atom stereocenters. The van der Waals surface area contributed by atoms with E-state index in [1.54, 1.807) is 31.2 Å². The number of pyridine rings is 1. The number of rotatable bonds is 4. The van der Waals surface area contributed by atoms with E-state index in [2.05, 4.69) is 15.3 Å². The second-order valence-corrected chi connectivity index (χ2v) is 6.28. The third-order valence-corrected chi connectivity index (χ3v) is 4.67. The second-order valence-electron chi connectivity index (χ2n) is 5.52. The second kappa shape index (κ2) is 7.19. The van der Waals surface area contributed by atoms with Crippen LogP contribution in [0.1, 0.15) is 26.5 Å². The SMILES string of the molecule is Cc1[nH]c(C(=O)Nc2ccc(-c3cc(C(=O)O)ccn3)cc2)c(Cl)c1Cl. The van der Waals surface area contributed by atoms with Crippen molar-refractivity contribution in [3.63, 3.8) is 0 Å². The summed E-state index contributed by atoms with van der Waals surface area (Å²) in [6.07, 6.45) is 1.44. The molecule has 6 nitrogen and oxygen atoms in total. The lowest BCUT2D eigenvalue weighted by atomic mass is 10.1. The number of carbonyl (C=O) groups excluding carboxylic acids is 1. The number of aryl methyl sites for hydroxylation is 1. The van der Waals surface area contributed by atoms with Gasteiger partial charge in [0.15, 0.2) is 0 Å². The molecule has 0 fully saturated rings. The van der Waals surface area contributed by atoms with Crippen LogP contribution in [0.5, 0.6) is 0 Å². The monoisotopic (exact) mass is 389 g/mol. The van der Waals surface area contributed by atoms with E-state index < -0.39 is 11.9 Å². The predicted octanol–water partition coefficient (Wildman–Crippen LogP) is 4.64. The number of hydrogen-bond acceptors (Lipinski definition) is 3. The highest BCUT2D eigenvalue weighted by molar-refractivity contribution is 6.44. The van der Waals surface area contributed by atoms with Crippen LogP contribution in [0.2, 0.25) is 10.0 Å². The number of nitrogens with zero attached hydrogens (tertiary/aromatic N) is 1. The molecule has 26 heavy (non-hydrogen) atoms. The summed E-state index contributed by atoms with van der Waals surface area (Å²) in [6.45, 7) is 1.72. The van der Waals surface area contributed by atoms with Crippen molar-refractivity contribution in [3.8, 4) is 11.3 Å². The minimum absolute atomic E-state index is 0.154. The lowest BCUT2D eigenvalue weighted by molar-refractivity contribution is 0.0696. The molecule has 1 amide bonds. The molecule has 3 N–H and O–H groups in total. The first-order valence-electron chi connectivity index (χ1n) is 7.51. The van der Waals surface area contributed by atoms with E-state index in [1.807, 2.05) is 0 Å². The van der Waals surface area contributed by atoms with Crippen molar-refractivity contribution in [2.45, 2.75) is 6.92 Å². The summed E-state index contributed by atoms with van der Waals surface area (Å²) in [6, 6.07) is 9.75. The molecule has 0 radical (unpaired) electrons. The van der Waals surface area contributed by atoms with Crippen LogP contribution >= 0.6 is 23.2 Å². The zero-order chi connectivity index (χ0) is 18.8. The molecule has 3 rings (SSSR count). The van der Waals surface area contributed by atoms with Crippen LogP contribution in [0.4, 0.5) is 5.69 Å².